The normalized spacial score (nSPS) is 37.7. The van der Waals surface area contributed by atoms with Crippen LogP contribution >= 0.6 is 0 Å². The molecular formula is C8H14N2O. The molecule has 2 N–H and O–H groups in total. The van der Waals surface area contributed by atoms with E-state index in [4.69, 9.17) is 0 Å². The zero-order chi connectivity index (χ0) is 7.90. The van der Waals surface area contributed by atoms with Crippen molar-refractivity contribution in [3.05, 3.63) is 0 Å². The minimum absolute atomic E-state index is 0.000556. The molecule has 3 heteroatoms. The average molecular weight is 154 g/mol. The maximum absolute atomic E-state index is 10.9. The predicted octanol–water partition coefficient (Wildman–Crippen LogP) is 0.858. The Bertz CT molecular complexity index is 189. The van der Waals surface area contributed by atoms with Crippen molar-refractivity contribution in [2.75, 3.05) is 6.54 Å². The highest BCUT2D eigenvalue weighted by molar-refractivity contribution is 5.77. The van der Waals surface area contributed by atoms with Crippen molar-refractivity contribution < 1.29 is 4.79 Å². The van der Waals surface area contributed by atoms with Gasteiger partial charge >= 0.3 is 6.03 Å². The fraction of sp³-hybridized carbons (Fsp3) is 0.875. The van der Waals surface area contributed by atoms with E-state index >= 15 is 0 Å². The molecule has 1 atom stereocenters. The summed E-state index contributed by atoms with van der Waals surface area (Å²) in [5.41, 5.74) is 0.0509. The van der Waals surface area contributed by atoms with E-state index in [1.165, 1.54) is 19.3 Å². The fourth-order valence-corrected chi connectivity index (χ4v) is 1.90. The van der Waals surface area contributed by atoms with Crippen LogP contribution in [0.2, 0.25) is 0 Å². The van der Waals surface area contributed by atoms with Crippen LogP contribution < -0.4 is 10.6 Å². The van der Waals surface area contributed by atoms with E-state index in [0.29, 0.717) is 5.92 Å². The lowest BCUT2D eigenvalue weighted by Crippen LogP contribution is -2.49. The second-order valence-corrected chi connectivity index (χ2v) is 3.85. The number of amides is 2. The molecule has 3 nitrogen and oxygen atoms in total. The second-order valence-electron chi connectivity index (χ2n) is 3.85. The SMILES string of the molecule is CC1(C2CCC2)CNC(=O)N1. The van der Waals surface area contributed by atoms with Gasteiger partial charge in [-0.2, -0.15) is 0 Å². The zero-order valence-corrected chi connectivity index (χ0v) is 6.81. The van der Waals surface area contributed by atoms with E-state index in [-0.39, 0.29) is 11.6 Å². The van der Waals surface area contributed by atoms with Gasteiger partial charge in [-0.1, -0.05) is 6.42 Å². The highest BCUT2D eigenvalue weighted by Gasteiger charge is 2.42. The lowest BCUT2D eigenvalue weighted by atomic mass is 9.72. The number of rotatable bonds is 1. The van der Waals surface area contributed by atoms with Crippen LogP contribution in [0.3, 0.4) is 0 Å². The van der Waals surface area contributed by atoms with Gasteiger partial charge in [-0.05, 0) is 25.7 Å². The van der Waals surface area contributed by atoms with Gasteiger partial charge in [0, 0.05) is 6.54 Å². The van der Waals surface area contributed by atoms with E-state index < -0.39 is 0 Å². The number of carbonyl (C=O) groups is 1. The van der Waals surface area contributed by atoms with Crippen molar-refractivity contribution in [2.24, 2.45) is 5.92 Å². The summed E-state index contributed by atoms with van der Waals surface area (Å²) in [5.74, 6) is 0.710. The molecule has 2 rings (SSSR count). The monoisotopic (exact) mass is 154 g/mol. The first-order chi connectivity index (χ1) is 5.21. The summed E-state index contributed by atoms with van der Waals surface area (Å²) in [4.78, 5) is 10.9. The molecule has 0 radical (unpaired) electrons. The van der Waals surface area contributed by atoms with Crippen LogP contribution in [-0.2, 0) is 0 Å². The summed E-state index contributed by atoms with van der Waals surface area (Å²) in [6, 6.07) is -0.000556. The Kier molecular flexibility index (Phi) is 1.34. The Morgan fingerprint density at radius 1 is 1.55 bits per heavy atom. The van der Waals surface area contributed by atoms with E-state index in [2.05, 4.69) is 17.6 Å². The van der Waals surface area contributed by atoms with Crippen molar-refractivity contribution in [3.63, 3.8) is 0 Å². The number of carbonyl (C=O) groups excluding carboxylic acids is 1. The van der Waals surface area contributed by atoms with Gasteiger partial charge < -0.3 is 10.6 Å². The van der Waals surface area contributed by atoms with Gasteiger partial charge in [0.25, 0.3) is 0 Å². The summed E-state index contributed by atoms with van der Waals surface area (Å²) < 4.78 is 0. The maximum Gasteiger partial charge on any atom is 0.315 e. The minimum Gasteiger partial charge on any atom is -0.336 e. The fourth-order valence-electron chi connectivity index (χ4n) is 1.90. The van der Waals surface area contributed by atoms with E-state index in [9.17, 15) is 4.79 Å². The van der Waals surface area contributed by atoms with Crippen LogP contribution in [-0.4, -0.2) is 18.1 Å². The summed E-state index contributed by atoms with van der Waals surface area (Å²) in [7, 11) is 0. The van der Waals surface area contributed by atoms with Gasteiger partial charge in [0.1, 0.15) is 0 Å². The molecule has 1 saturated carbocycles. The van der Waals surface area contributed by atoms with Gasteiger partial charge in [-0.25, -0.2) is 4.79 Å². The predicted molar refractivity (Wildman–Crippen MR) is 42.3 cm³/mol. The molecule has 0 bridgehead atoms. The van der Waals surface area contributed by atoms with Crippen LogP contribution in [0.1, 0.15) is 26.2 Å². The van der Waals surface area contributed by atoms with Gasteiger partial charge in [-0.3, -0.25) is 0 Å². The molecular weight excluding hydrogens is 140 g/mol. The molecule has 11 heavy (non-hydrogen) atoms. The first-order valence-electron chi connectivity index (χ1n) is 4.27. The third kappa shape index (κ3) is 0.988. The maximum atomic E-state index is 10.9. The Labute approximate surface area is 66.5 Å². The quantitative estimate of drug-likeness (QED) is 0.578. The molecule has 0 aromatic heterocycles. The Balaban J connectivity index is 2.03. The third-order valence-corrected chi connectivity index (χ3v) is 3.02. The van der Waals surface area contributed by atoms with Crippen LogP contribution in [0, 0.1) is 5.92 Å². The first-order valence-corrected chi connectivity index (χ1v) is 4.27. The minimum atomic E-state index is -0.000556. The molecule has 2 amide bonds. The van der Waals surface area contributed by atoms with E-state index in [1.807, 2.05) is 0 Å². The van der Waals surface area contributed by atoms with E-state index in [1.54, 1.807) is 0 Å². The largest absolute Gasteiger partial charge is 0.336 e. The van der Waals surface area contributed by atoms with Crippen molar-refractivity contribution in [1.29, 1.82) is 0 Å². The van der Waals surface area contributed by atoms with Crippen LogP contribution in [0.5, 0.6) is 0 Å². The Morgan fingerprint density at radius 2 is 2.27 bits per heavy atom. The molecule has 0 aromatic rings. The summed E-state index contributed by atoms with van der Waals surface area (Å²) >= 11 is 0. The van der Waals surface area contributed by atoms with Crippen molar-refractivity contribution in [1.82, 2.24) is 10.6 Å². The molecule has 1 saturated heterocycles. The average Bonchev–Trinajstić information content (AvgIpc) is 2.06. The van der Waals surface area contributed by atoms with Gasteiger partial charge in [0.15, 0.2) is 0 Å². The van der Waals surface area contributed by atoms with E-state index in [0.717, 1.165) is 6.54 Å². The molecule has 1 heterocycles. The van der Waals surface area contributed by atoms with Crippen molar-refractivity contribution in [2.45, 2.75) is 31.7 Å². The molecule has 1 unspecified atom stereocenters. The molecule has 1 aliphatic carbocycles. The lowest BCUT2D eigenvalue weighted by Gasteiger charge is -2.39. The smallest absolute Gasteiger partial charge is 0.315 e. The lowest BCUT2D eigenvalue weighted by molar-refractivity contribution is 0.172. The highest BCUT2D eigenvalue weighted by Crippen LogP contribution is 2.36. The standard InChI is InChI=1S/C8H14N2O/c1-8(6-3-2-4-6)5-9-7(11)10-8/h6H,2-5H2,1H3,(H2,9,10,11). The molecule has 62 valence electrons. The van der Waals surface area contributed by atoms with Crippen molar-refractivity contribution in [3.8, 4) is 0 Å². The Morgan fingerprint density at radius 3 is 2.64 bits per heavy atom. The summed E-state index contributed by atoms with van der Waals surface area (Å²) in [5, 5.41) is 5.79. The molecule has 2 aliphatic rings. The van der Waals surface area contributed by atoms with Crippen molar-refractivity contribution >= 4 is 6.03 Å². The number of hydrogen-bond acceptors (Lipinski definition) is 1. The molecule has 2 fully saturated rings. The van der Waals surface area contributed by atoms with Crippen LogP contribution in [0.4, 0.5) is 4.79 Å². The summed E-state index contributed by atoms with van der Waals surface area (Å²) in [6.45, 7) is 2.94. The second kappa shape index (κ2) is 2.13. The third-order valence-electron chi connectivity index (χ3n) is 3.02. The van der Waals surface area contributed by atoms with Gasteiger partial charge in [-0.15, -0.1) is 0 Å². The summed E-state index contributed by atoms with van der Waals surface area (Å²) in [6.07, 6.45) is 3.88. The first kappa shape index (κ1) is 6.95. The number of hydrogen-bond donors (Lipinski definition) is 2. The van der Waals surface area contributed by atoms with Crippen LogP contribution in [0.15, 0.2) is 0 Å². The van der Waals surface area contributed by atoms with Gasteiger partial charge in [0.05, 0.1) is 5.54 Å². The molecule has 1 aliphatic heterocycles. The van der Waals surface area contributed by atoms with Crippen LogP contribution in [0.25, 0.3) is 0 Å². The number of nitrogens with one attached hydrogen (secondary N) is 2. The number of urea groups is 1. The molecule has 0 spiro atoms. The zero-order valence-electron chi connectivity index (χ0n) is 6.81. The topological polar surface area (TPSA) is 41.1 Å². The van der Waals surface area contributed by atoms with Gasteiger partial charge in [0.2, 0.25) is 0 Å². The molecule has 0 aromatic carbocycles. The Hall–Kier alpha value is -0.730. The highest BCUT2D eigenvalue weighted by atomic mass is 16.2.